The van der Waals surface area contributed by atoms with Crippen LogP contribution in [0.15, 0.2) is 84.9 Å². The summed E-state index contributed by atoms with van der Waals surface area (Å²) in [5.41, 5.74) is 2.45. The second-order valence-corrected chi connectivity index (χ2v) is 9.06. The predicted molar refractivity (Wildman–Crippen MR) is 151 cm³/mol. The molecule has 0 radical (unpaired) electrons. The Labute approximate surface area is 227 Å². The highest BCUT2D eigenvalue weighted by atomic mass is 16.2. The lowest BCUT2D eigenvalue weighted by atomic mass is 10.1. The Morgan fingerprint density at radius 3 is 2.08 bits per heavy atom. The summed E-state index contributed by atoms with van der Waals surface area (Å²) >= 11 is 0. The van der Waals surface area contributed by atoms with Crippen molar-refractivity contribution in [2.24, 2.45) is 0 Å². The largest absolute Gasteiger partial charge is 0.352 e. The molecule has 3 amide bonds. The molecule has 9 nitrogen and oxygen atoms in total. The highest BCUT2D eigenvalue weighted by molar-refractivity contribution is 6.05. The first-order chi connectivity index (χ1) is 19.0. The van der Waals surface area contributed by atoms with Gasteiger partial charge in [0.05, 0.1) is 5.69 Å². The monoisotopic (exact) mass is 524 g/mol. The lowest BCUT2D eigenvalue weighted by Gasteiger charge is -2.08. The summed E-state index contributed by atoms with van der Waals surface area (Å²) in [6.45, 7) is 2.55. The van der Waals surface area contributed by atoms with Gasteiger partial charge in [0.15, 0.2) is 0 Å². The van der Waals surface area contributed by atoms with Gasteiger partial charge in [0.1, 0.15) is 0 Å². The van der Waals surface area contributed by atoms with Gasteiger partial charge in [-0.05, 0) is 48.4 Å². The number of nitrogens with one attached hydrogen (secondary N) is 3. The van der Waals surface area contributed by atoms with Crippen LogP contribution in [0.4, 0.5) is 11.9 Å². The molecule has 0 unspecified atom stereocenters. The molecule has 200 valence electrons. The zero-order valence-electron chi connectivity index (χ0n) is 21.9. The van der Waals surface area contributed by atoms with Gasteiger partial charge >= 0.3 is 0 Å². The molecule has 0 aliphatic carbocycles. The third-order valence-electron chi connectivity index (χ3n) is 6.06. The van der Waals surface area contributed by atoms with Crippen molar-refractivity contribution in [3.05, 3.63) is 102 Å². The van der Waals surface area contributed by atoms with Crippen molar-refractivity contribution >= 4 is 29.6 Å². The van der Waals surface area contributed by atoms with Crippen molar-refractivity contribution in [2.45, 2.75) is 45.6 Å². The molecule has 0 fully saturated rings. The van der Waals surface area contributed by atoms with Crippen molar-refractivity contribution in [2.75, 3.05) is 10.6 Å². The van der Waals surface area contributed by atoms with Crippen molar-refractivity contribution in [3.8, 4) is 5.69 Å². The van der Waals surface area contributed by atoms with E-state index in [1.165, 1.54) is 4.68 Å². The topological polar surface area (TPSA) is 118 Å². The standard InChI is InChI=1S/C30H32N6O3/c1-2-3-4-11-16-26(37)31-21-22-17-19-24(20-18-22)28(39)33-30-34-29(32-27(38)23-12-7-5-8-13-23)35-36(30)25-14-9-6-10-15-25/h5-10,12-15,17-20H,2-4,11,16,21H2,1H3,(H,31,37)(H2,32,33,34,35,38,39). The van der Waals surface area contributed by atoms with E-state index < -0.39 is 0 Å². The highest BCUT2D eigenvalue weighted by Gasteiger charge is 2.17. The van der Waals surface area contributed by atoms with Gasteiger partial charge < -0.3 is 5.32 Å². The zero-order valence-corrected chi connectivity index (χ0v) is 21.9. The summed E-state index contributed by atoms with van der Waals surface area (Å²) in [6, 6.07) is 24.9. The number of rotatable bonds is 12. The van der Waals surface area contributed by atoms with Crippen LogP contribution in [-0.4, -0.2) is 32.5 Å². The highest BCUT2D eigenvalue weighted by Crippen LogP contribution is 2.18. The van der Waals surface area contributed by atoms with Crippen molar-refractivity contribution in [1.82, 2.24) is 20.1 Å². The molecule has 4 rings (SSSR count). The fraction of sp³-hybridized carbons (Fsp3) is 0.233. The Kier molecular flexibility index (Phi) is 9.55. The number of hydrogen-bond donors (Lipinski definition) is 3. The number of carbonyl (C=O) groups is 3. The molecule has 39 heavy (non-hydrogen) atoms. The van der Waals surface area contributed by atoms with Crippen LogP contribution in [0.1, 0.15) is 65.3 Å². The van der Waals surface area contributed by atoms with Crippen LogP contribution in [0, 0.1) is 0 Å². The van der Waals surface area contributed by atoms with Gasteiger partial charge in [-0.25, -0.2) is 0 Å². The number of aromatic nitrogens is 3. The molecule has 1 aromatic heterocycles. The molecule has 3 aromatic carbocycles. The van der Waals surface area contributed by atoms with Crippen LogP contribution in [-0.2, 0) is 11.3 Å². The molecule has 0 spiro atoms. The van der Waals surface area contributed by atoms with Crippen LogP contribution in [0.5, 0.6) is 0 Å². The Bertz CT molecular complexity index is 1390. The summed E-state index contributed by atoms with van der Waals surface area (Å²) < 4.78 is 1.46. The molecule has 0 saturated heterocycles. The number of anilines is 2. The van der Waals surface area contributed by atoms with Gasteiger partial charge in [0.2, 0.25) is 11.9 Å². The fourth-order valence-electron chi connectivity index (χ4n) is 3.91. The minimum absolute atomic E-state index is 0.0309. The summed E-state index contributed by atoms with van der Waals surface area (Å²) in [5.74, 6) is -0.490. The number of carbonyl (C=O) groups excluding carboxylic acids is 3. The van der Waals surface area contributed by atoms with Crippen LogP contribution in [0.25, 0.3) is 5.69 Å². The molecule has 9 heteroatoms. The van der Waals surface area contributed by atoms with E-state index >= 15 is 0 Å². The van der Waals surface area contributed by atoms with E-state index in [-0.39, 0.29) is 29.6 Å². The maximum atomic E-state index is 13.1. The fourth-order valence-corrected chi connectivity index (χ4v) is 3.91. The van der Waals surface area contributed by atoms with E-state index in [1.807, 2.05) is 36.4 Å². The quantitative estimate of drug-likeness (QED) is 0.216. The number of benzene rings is 3. The number of para-hydroxylation sites is 1. The molecule has 4 aromatic rings. The van der Waals surface area contributed by atoms with E-state index in [4.69, 9.17) is 0 Å². The summed E-state index contributed by atoms with van der Waals surface area (Å²) in [5, 5.41) is 12.8. The summed E-state index contributed by atoms with van der Waals surface area (Å²) in [7, 11) is 0. The summed E-state index contributed by atoms with van der Waals surface area (Å²) in [6.07, 6.45) is 4.76. The van der Waals surface area contributed by atoms with Gasteiger partial charge in [-0.3, -0.25) is 25.0 Å². The van der Waals surface area contributed by atoms with Gasteiger partial charge in [0, 0.05) is 24.1 Å². The van der Waals surface area contributed by atoms with E-state index in [0.29, 0.717) is 29.8 Å². The molecule has 0 atom stereocenters. The van der Waals surface area contributed by atoms with E-state index in [0.717, 1.165) is 31.2 Å². The molecule has 0 saturated carbocycles. The smallest absolute Gasteiger partial charge is 0.258 e. The Morgan fingerprint density at radius 2 is 1.38 bits per heavy atom. The van der Waals surface area contributed by atoms with Crippen LogP contribution >= 0.6 is 0 Å². The Balaban J connectivity index is 1.42. The number of unbranched alkanes of at least 4 members (excludes halogenated alkanes) is 3. The maximum absolute atomic E-state index is 13.1. The predicted octanol–water partition coefficient (Wildman–Crippen LogP) is 5.36. The number of hydrogen-bond acceptors (Lipinski definition) is 5. The average Bonchev–Trinajstić information content (AvgIpc) is 3.37. The van der Waals surface area contributed by atoms with Crippen LogP contribution < -0.4 is 16.0 Å². The number of nitrogens with zero attached hydrogens (tertiary/aromatic N) is 3. The Morgan fingerprint density at radius 1 is 0.744 bits per heavy atom. The second-order valence-electron chi connectivity index (χ2n) is 9.06. The van der Waals surface area contributed by atoms with Gasteiger partial charge in [0.25, 0.3) is 17.8 Å². The van der Waals surface area contributed by atoms with E-state index in [2.05, 4.69) is 33.0 Å². The zero-order chi connectivity index (χ0) is 27.5. The molecular formula is C30H32N6O3. The first kappa shape index (κ1) is 27.3. The van der Waals surface area contributed by atoms with Crippen molar-refractivity contribution < 1.29 is 14.4 Å². The normalized spacial score (nSPS) is 10.6. The average molecular weight is 525 g/mol. The Hall–Kier alpha value is -4.79. The molecule has 0 aliphatic rings. The van der Waals surface area contributed by atoms with E-state index in [9.17, 15) is 14.4 Å². The molecule has 3 N–H and O–H groups in total. The third kappa shape index (κ3) is 7.85. The minimum atomic E-state index is -0.382. The van der Waals surface area contributed by atoms with Crippen molar-refractivity contribution in [3.63, 3.8) is 0 Å². The van der Waals surface area contributed by atoms with Gasteiger partial charge in [-0.1, -0.05) is 74.7 Å². The number of amides is 3. The molecular weight excluding hydrogens is 492 g/mol. The molecule has 0 aliphatic heterocycles. The first-order valence-corrected chi connectivity index (χ1v) is 13.1. The van der Waals surface area contributed by atoms with Crippen LogP contribution in [0.2, 0.25) is 0 Å². The lowest BCUT2D eigenvalue weighted by molar-refractivity contribution is -0.121. The van der Waals surface area contributed by atoms with E-state index in [1.54, 1.807) is 48.5 Å². The lowest BCUT2D eigenvalue weighted by Crippen LogP contribution is -2.22. The van der Waals surface area contributed by atoms with Crippen LogP contribution in [0.3, 0.4) is 0 Å². The SMILES string of the molecule is CCCCCCC(=O)NCc1ccc(C(=O)Nc2nc(NC(=O)c3ccccc3)nn2-c2ccccc2)cc1. The first-order valence-electron chi connectivity index (χ1n) is 13.1. The minimum Gasteiger partial charge on any atom is -0.352 e. The van der Waals surface area contributed by atoms with Crippen molar-refractivity contribution in [1.29, 1.82) is 0 Å². The van der Waals surface area contributed by atoms with Gasteiger partial charge in [-0.15, -0.1) is 5.10 Å². The third-order valence-corrected chi connectivity index (χ3v) is 6.06. The van der Waals surface area contributed by atoms with Gasteiger partial charge in [-0.2, -0.15) is 9.67 Å². The molecule has 1 heterocycles. The summed E-state index contributed by atoms with van der Waals surface area (Å²) in [4.78, 5) is 42.1. The molecule has 0 bridgehead atoms. The second kappa shape index (κ2) is 13.7. The maximum Gasteiger partial charge on any atom is 0.258 e.